The van der Waals surface area contributed by atoms with E-state index in [9.17, 15) is 0 Å². The maximum atomic E-state index is 8.90. The maximum absolute atomic E-state index is 8.90. The Bertz CT molecular complexity index is 326. The van der Waals surface area contributed by atoms with Gasteiger partial charge in [0.05, 0.1) is 18.7 Å². The van der Waals surface area contributed by atoms with Crippen LogP contribution in [0.15, 0.2) is 12.1 Å². The summed E-state index contributed by atoms with van der Waals surface area (Å²) in [5.41, 5.74) is 0.894. The average Bonchev–Trinajstić information content (AvgIpc) is 2.22. The van der Waals surface area contributed by atoms with Gasteiger partial charge in [-0.3, -0.25) is 0 Å². The van der Waals surface area contributed by atoms with Crippen molar-refractivity contribution in [3.8, 4) is 11.5 Å². The van der Waals surface area contributed by atoms with E-state index in [1.165, 1.54) is 0 Å². The van der Waals surface area contributed by atoms with Crippen molar-refractivity contribution in [2.24, 2.45) is 0 Å². The van der Waals surface area contributed by atoms with Gasteiger partial charge in [-0.1, -0.05) is 11.6 Å². The number of aliphatic hydroxyl groups is 1. The number of rotatable bonds is 5. The SMILES string of the molecule is CCOc1cc(OC)c(Cl)cc1CCO. The molecule has 84 valence electrons. The van der Waals surface area contributed by atoms with Crippen LogP contribution in [-0.4, -0.2) is 25.4 Å². The van der Waals surface area contributed by atoms with Crippen LogP contribution in [0, 0.1) is 0 Å². The number of ether oxygens (including phenoxy) is 2. The van der Waals surface area contributed by atoms with E-state index < -0.39 is 0 Å². The Morgan fingerprint density at radius 1 is 1.33 bits per heavy atom. The zero-order chi connectivity index (χ0) is 11.3. The van der Waals surface area contributed by atoms with E-state index in [4.69, 9.17) is 26.2 Å². The van der Waals surface area contributed by atoms with Crippen LogP contribution in [0.1, 0.15) is 12.5 Å². The standard InChI is InChI=1S/C11H15ClO3/c1-3-15-10-7-11(14-2)9(12)6-8(10)4-5-13/h6-7,13H,3-5H2,1-2H3. The van der Waals surface area contributed by atoms with Crippen molar-refractivity contribution in [1.29, 1.82) is 0 Å². The highest BCUT2D eigenvalue weighted by atomic mass is 35.5. The molecule has 0 aliphatic heterocycles. The summed E-state index contributed by atoms with van der Waals surface area (Å²) < 4.78 is 10.5. The van der Waals surface area contributed by atoms with Crippen molar-refractivity contribution in [3.63, 3.8) is 0 Å². The van der Waals surface area contributed by atoms with Crippen LogP contribution in [0.4, 0.5) is 0 Å². The van der Waals surface area contributed by atoms with E-state index in [1.54, 1.807) is 19.2 Å². The zero-order valence-electron chi connectivity index (χ0n) is 8.92. The lowest BCUT2D eigenvalue weighted by molar-refractivity contribution is 0.292. The van der Waals surface area contributed by atoms with Crippen molar-refractivity contribution in [3.05, 3.63) is 22.7 Å². The van der Waals surface area contributed by atoms with E-state index in [0.717, 1.165) is 5.56 Å². The maximum Gasteiger partial charge on any atom is 0.141 e. The first-order chi connectivity index (χ1) is 7.22. The molecule has 15 heavy (non-hydrogen) atoms. The van der Waals surface area contributed by atoms with Crippen LogP contribution in [-0.2, 0) is 6.42 Å². The number of aliphatic hydroxyl groups excluding tert-OH is 1. The minimum absolute atomic E-state index is 0.0722. The summed E-state index contributed by atoms with van der Waals surface area (Å²) in [4.78, 5) is 0. The molecule has 1 N–H and O–H groups in total. The van der Waals surface area contributed by atoms with Gasteiger partial charge in [0.25, 0.3) is 0 Å². The largest absolute Gasteiger partial charge is 0.495 e. The number of benzene rings is 1. The third-order valence-electron chi connectivity index (χ3n) is 2.02. The molecule has 0 heterocycles. The summed E-state index contributed by atoms with van der Waals surface area (Å²) >= 11 is 5.98. The van der Waals surface area contributed by atoms with Gasteiger partial charge in [-0.05, 0) is 25.0 Å². The van der Waals surface area contributed by atoms with Gasteiger partial charge in [0.2, 0.25) is 0 Å². The molecule has 0 amide bonds. The van der Waals surface area contributed by atoms with Crippen LogP contribution in [0.5, 0.6) is 11.5 Å². The molecule has 0 aromatic heterocycles. The molecule has 0 atom stereocenters. The van der Waals surface area contributed by atoms with Gasteiger partial charge in [-0.2, -0.15) is 0 Å². The fraction of sp³-hybridized carbons (Fsp3) is 0.455. The van der Waals surface area contributed by atoms with Crippen molar-refractivity contribution in [1.82, 2.24) is 0 Å². The van der Waals surface area contributed by atoms with Gasteiger partial charge in [-0.25, -0.2) is 0 Å². The Balaban J connectivity index is 3.07. The normalized spacial score (nSPS) is 10.1. The van der Waals surface area contributed by atoms with Gasteiger partial charge in [0.1, 0.15) is 11.5 Å². The first kappa shape index (κ1) is 12.1. The molecule has 4 heteroatoms. The predicted molar refractivity (Wildman–Crippen MR) is 60.0 cm³/mol. The zero-order valence-corrected chi connectivity index (χ0v) is 9.67. The molecule has 1 aromatic carbocycles. The van der Waals surface area contributed by atoms with Crippen LogP contribution < -0.4 is 9.47 Å². The molecule has 0 aliphatic carbocycles. The number of hydrogen-bond acceptors (Lipinski definition) is 3. The number of halogens is 1. The monoisotopic (exact) mass is 230 g/mol. The molecule has 0 unspecified atom stereocenters. The van der Waals surface area contributed by atoms with Crippen molar-refractivity contribution >= 4 is 11.6 Å². The first-order valence-corrected chi connectivity index (χ1v) is 5.20. The summed E-state index contributed by atoms with van der Waals surface area (Å²) in [6.45, 7) is 2.55. The molecule has 0 aliphatic rings. The molecular formula is C11H15ClO3. The van der Waals surface area contributed by atoms with Gasteiger partial charge in [0.15, 0.2) is 0 Å². The number of methoxy groups -OCH3 is 1. The Labute approximate surface area is 94.6 Å². The average molecular weight is 231 g/mol. The van der Waals surface area contributed by atoms with Crippen molar-refractivity contribution < 1.29 is 14.6 Å². The minimum atomic E-state index is 0.0722. The lowest BCUT2D eigenvalue weighted by atomic mass is 10.1. The Hall–Kier alpha value is -0.930. The highest BCUT2D eigenvalue weighted by molar-refractivity contribution is 6.32. The van der Waals surface area contributed by atoms with Crippen LogP contribution in [0.2, 0.25) is 5.02 Å². The minimum Gasteiger partial charge on any atom is -0.495 e. The van der Waals surface area contributed by atoms with Crippen molar-refractivity contribution in [2.75, 3.05) is 20.3 Å². The summed E-state index contributed by atoms with van der Waals surface area (Å²) in [5, 5.41) is 9.43. The molecule has 1 rings (SSSR count). The summed E-state index contributed by atoms with van der Waals surface area (Å²) in [5.74, 6) is 1.30. The van der Waals surface area contributed by atoms with Gasteiger partial charge >= 0.3 is 0 Å². The van der Waals surface area contributed by atoms with Gasteiger partial charge in [0, 0.05) is 12.7 Å². The summed E-state index contributed by atoms with van der Waals surface area (Å²) in [7, 11) is 1.56. The molecular weight excluding hydrogens is 216 g/mol. The lowest BCUT2D eigenvalue weighted by Crippen LogP contribution is -2.00. The van der Waals surface area contributed by atoms with Crippen molar-refractivity contribution in [2.45, 2.75) is 13.3 Å². The molecule has 0 fully saturated rings. The van der Waals surface area contributed by atoms with E-state index in [1.807, 2.05) is 6.92 Å². The lowest BCUT2D eigenvalue weighted by Gasteiger charge is -2.12. The second-order valence-corrected chi connectivity index (χ2v) is 3.41. The highest BCUT2D eigenvalue weighted by Gasteiger charge is 2.09. The van der Waals surface area contributed by atoms with Crippen LogP contribution >= 0.6 is 11.6 Å². The molecule has 0 radical (unpaired) electrons. The Kier molecular flexibility index (Phi) is 4.72. The Morgan fingerprint density at radius 3 is 2.60 bits per heavy atom. The van der Waals surface area contributed by atoms with Gasteiger partial charge in [-0.15, -0.1) is 0 Å². The van der Waals surface area contributed by atoms with Crippen LogP contribution in [0.25, 0.3) is 0 Å². The molecule has 1 aromatic rings. The van der Waals surface area contributed by atoms with E-state index >= 15 is 0 Å². The molecule has 3 nitrogen and oxygen atoms in total. The van der Waals surface area contributed by atoms with E-state index in [-0.39, 0.29) is 6.61 Å². The quantitative estimate of drug-likeness (QED) is 0.844. The predicted octanol–water partition coefficient (Wildman–Crippen LogP) is 2.28. The third kappa shape index (κ3) is 3.01. The molecule has 0 saturated carbocycles. The second kappa shape index (κ2) is 5.83. The molecule has 0 spiro atoms. The highest BCUT2D eigenvalue weighted by Crippen LogP contribution is 2.32. The third-order valence-corrected chi connectivity index (χ3v) is 2.31. The van der Waals surface area contributed by atoms with Gasteiger partial charge < -0.3 is 14.6 Å². The smallest absolute Gasteiger partial charge is 0.141 e. The molecule has 0 saturated heterocycles. The van der Waals surface area contributed by atoms with E-state index in [0.29, 0.717) is 29.5 Å². The fourth-order valence-electron chi connectivity index (χ4n) is 1.34. The summed E-state index contributed by atoms with van der Waals surface area (Å²) in [6.07, 6.45) is 0.527. The fourth-order valence-corrected chi connectivity index (χ4v) is 1.60. The topological polar surface area (TPSA) is 38.7 Å². The second-order valence-electron chi connectivity index (χ2n) is 3.00. The first-order valence-electron chi connectivity index (χ1n) is 4.83. The van der Waals surface area contributed by atoms with Crippen LogP contribution in [0.3, 0.4) is 0 Å². The Morgan fingerprint density at radius 2 is 2.07 bits per heavy atom. The molecule has 0 bridgehead atoms. The van der Waals surface area contributed by atoms with E-state index in [2.05, 4.69) is 0 Å². The number of hydrogen-bond donors (Lipinski definition) is 1. The summed E-state index contributed by atoms with van der Waals surface area (Å²) in [6, 6.07) is 3.51.